The van der Waals surface area contributed by atoms with Gasteiger partial charge < -0.3 is 20.5 Å². The first-order valence-corrected chi connectivity index (χ1v) is 4.83. The zero-order valence-corrected chi connectivity index (χ0v) is 8.12. The average Bonchev–Trinajstić information content (AvgIpc) is 2.61. The van der Waals surface area contributed by atoms with Crippen molar-refractivity contribution in [2.24, 2.45) is 5.73 Å². The Morgan fingerprint density at radius 2 is 2.23 bits per heavy atom. The fourth-order valence-electron chi connectivity index (χ4n) is 2.33. The van der Waals surface area contributed by atoms with Crippen molar-refractivity contribution in [3.63, 3.8) is 0 Å². The van der Waals surface area contributed by atoms with Gasteiger partial charge in [-0.25, -0.2) is 0 Å². The van der Waals surface area contributed by atoms with E-state index in [0.717, 1.165) is 19.4 Å². The van der Waals surface area contributed by atoms with E-state index in [4.69, 9.17) is 10.5 Å². The molecule has 13 heavy (non-hydrogen) atoms. The largest absolute Gasteiger partial charge is 0.386 e. The van der Waals surface area contributed by atoms with Crippen LogP contribution in [0.25, 0.3) is 0 Å². The Hall–Kier alpha value is -0.160. The summed E-state index contributed by atoms with van der Waals surface area (Å²) in [6, 6.07) is 0. The Labute approximate surface area is 78.7 Å². The number of ether oxygens (including phenoxy) is 1. The van der Waals surface area contributed by atoms with Gasteiger partial charge in [0, 0.05) is 19.7 Å². The molecule has 2 heterocycles. The molecule has 2 atom stereocenters. The number of aliphatic hydroxyl groups is 1. The summed E-state index contributed by atoms with van der Waals surface area (Å²) in [5, 5.41) is 10.4. The van der Waals surface area contributed by atoms with Crippen LogP contribution in [-0.4, -0.2) is 54.5 Å². The van der Waals surface area contributed by atoms with Crippen molar-refractivity contribution in [3.8, 4) is 0 Å². The molecule has 76 valence electrons. The summed E-state index contributed by atoms with van der Waals surface area (Å²) >= 11 is 0. The van der Waals surface area contributed by atoms with E-state index < -0.39 is 11.1 Å². The minimum Gasteiger partial charge on any atom is -0.386 e. The molecule has 0 radical (unpaired) electrons. The normalized spacial score (nSPS) is 47.3. The lowest BCUT2D eigenvalue weighted by Crippen LogP contribution is -2.62. The second-order valence-corrected chi connectivity index (χ2v) is 4.48. The predicted octanol–water partition coefficient (Wildman–Crippen LogP) is -0.829. The van der Waals surface area contributed by atoms with Crippen LogP contribution in [-0.2, 0) is 4.74 Å². The molecule has 0 bridgehead atoms. The minimum absolute atomic E-state index is 0.497. The molecule has 2 saturated heterocycles. The minimum atomic E-state index is -0.738. The molecule has 2 rings (SSSR count). The zero-order valence-electron chi connectivity index (χ0n) is 8.12. The van der Waals surface area contributed by atoms with Gasteiger partial charge in [0.25, 0.3) is 0 Å². The van der Waals surface area contributed by atoms with Crippen molar-refractivity contribution in [3.05, 3.63) is 0 Å². The second-order valence-electron chi connectivity index (χ2n) is 4.48. The molecular weight excluding hydrogens is 168 g/mol. The Balaban J connectivity index is 2.14. The summed E-state index contributed by atoms with van der Waals surface area (Å²) < 4.78 is 5.27. The maximum absolute atomic E-state index is 10.4. The van der Waals surface area contributed by atoms with Gasteiger partial charge in [-0.3, -0.25) is 0 Å². The van der Waals surface area contributed by atoms with Crippen LogP contribution in [0.3, 0.4) is 0 Å². The smallest absolute Gasteiger partial charge is 0.0987 e. The van der Waals surface area contributed by atoms with Crippen molar-refractivity contribution in [1.29, 1.82) is 0 Å². The quantitative estimate of drug-likeness (QED) is 0.561. The number of likely N-dealkylation sites (N-methyl/N-ethyl adjacent to an activating group) is 1. The monoisotopic (exact) mass is 186 g/mol. The van der Waals surface area contributed by atoms with E-state index in [1.165, 1.54) is 0 Å². The van der Waals surface area contributed by atoms with Crippen LogP contribution in [0.1, 0.15) is 12.8 Å². The first-order chi connectivity index (χ1) is 6.06. The molecule has 0 aromatic rings. The highest BCUT2D eigenvalue weighted by molar-refractivity contribution is 5.09. The van der Waals surface area contributed by atoms with Gasteiger partial charge in [0.2, 0.25) is 0 Å². The number of nitrogens with two attached hydrogens (primary N) is 1. The summed E-state index contributed by atoms with van der Waals surface area (Å²) in [5.74, 6) is 0. The van der Waals surface area contributed by atoms with Gasteiger partial charge in [-0.15, -0.1) is 0 Å². The Morgan fingerprint density at radius 3 is 2.69 bits per heavy atom. The molecule has 2 aliphatic rings. The Kier molecular flexibility index (Phi) is 2.11. The van der Waals surface area contributed by atoms with Crippen LogP contribution in [0.4, 0.5) is 0 Å². The number of nitrogens with zero attached hydrogens (tertiary/aromatic N) is 1. The van der Waals surface area contributed by atoms with Gasteiger partial charge in [-0.1, -0.05) is 0 Å². The van der Waals surface area contributed by atoms with Crippen LogP contribution in [0.2, 0.25) is 0 Å². The molecule has 4 nitrogen and oxygen atoms in total. The van der Waals surface area contributed by atoms with E-state index >= 15 is 0 Å². The molecule has 0 aromatic heterocycles. The van der Waals surface area contributed by atoms with Gasteiger partial charge in [-0.05, 0) is 19.9 Å². The lowest BCUT2D eigenvalue weighted by Gasteiger charge is -2.38. The van der Waals surface area contributed by atoms with Gasteiger partial charge in [-0.2, -0.15) is 0 Å². The Bertz CT molecular complexity index is 204. The van der Waals surface area contributed by atoms with Crippen molar-refractivity contribution in [2.45, 2.75) is 24.0 Å². The van der Waals surface area contributed by atoms with Crippen LogP contribution in [0.5, 0.6) is 0 Å². The number of β-amino-alcohol motifs (C(OH)–C–C–N with tert-alkyl or cyclic N) is 1. The third-order valence-corrected chi connectivity index (χ3v) is 3.42. The average molecular weight is 186 g/mol. The summed E-state index contributed by atoms with van der Waals surface area (Å²) in [5.41, 5.74) is 4.91. The number of hydrogen-bond donors (Lipinski definition) is 2. The molecule has 0 aliphatic carbocycles. The summed E-state index contributed by atoms with van der Waals surface area (Å²) in [4.78, 5) is 2.12. The first-order valence-electron chi connectivity index (χ1n) is 4.83. The molecule has 0 amide bonds. The maximum atomic E-state index is 10.4. The SMILES string of the molecule is CN1CCC(O)(C2(N)CCOC2)C1. The molecule has 2 unspecified atom stereocenters. The van der Waals surface area contributed by atoms with E-state index in [-0.39, 0.29) is 0 Å². The third kappa shape index (κ3) is 1.38. The van der Waals surface area contributed by atoms with E-state index in [0.29, 0.717) is 19.8 Å². The van der Waals surface area contributed by atoms with E-state index in [1.54, 1.807) is 0 Å². The summed E-state index contributed by atoms with van der Waals surface area (Å²) in [6.45, 7) is 2.78. The third-order valence-electron chi connectivity index (χ3n) is 3.42. The molecule has 0 aromatic carbocycles. The highest BCUT2D eigenvalue weighted by Gasteiger charge is 2.52. The number of rotatable bonds is 1. The van der Waals surface area contributed by atoms with Crippen molar-refractivity contribution < 1.29 is 9.84 Å². The van der Waals surface area contributed by atoms with Gasteiger partial charge >= 0.3 is 0 Å². The highest BCUT2D eigenvalue weighted by Crippen LogP contribution is 2.35. The summed E-state index contributed by atoms with van der Waals surface area (Å²) in [7, 11) is 2.01. The molecule has 2 aliphatic heterocycles. The lowest BCUT2D eigenvalue weighted by atomic mass is 9.79. The molecule has 2 fully saturated rings. The van der Waals surface area contributed by atoms with E-state index in [9.17, 15) is 5.11 Å². The van der Waals surface area contributed by atoms with Gasteiger partial charge in [0.15, 0.2) is 0 Å². The molecule has 0 saturated carbocycles. The zero-order chi connectivity index (χ0) is 9.53. The van der Waals surface area contributed by atoms with Crippen molar-refractivity contribution >= 4 is 0 Å². The summed E-state index contributed by atoms with van der Waals surface area (Å²) in [6.07, 6.45) is 1.54. The fraction of sp³-hybridized carbons (Fsp3) is 1.00. The van der Waals surface area contributed by atoms with Crippen molar-refractivity contribution in [1.82, 2.24) is 4.90 Å². The van der Waals surface area contributed by atoms with Gasteiger partial charge in [0.05, 0.1) is 17.7 Å². The number of likely N-dealkylation sites (tertiary alicyclic amines) is 1. The molecule has 3 N–H and O–H groups in total. The Morgan fingerprint density at radius 1 is 1.46 bits per heavy atom. The van der Waals surface area contributed by atoms with Gasteiger partial charge in [0.1, 0.15) is 0 Å². The number of hydrogen-bond acceptors (Lipinski definition) is 4. The maximum Gasteiger partial charge on any atom is 0.0987 e. The topological polar surface area (TPSA) is 58.7 Å². The molecule has 0 spiro atoms. The highest BCUT2D eigenvalue weighted by atomic mass is 16.5. The second kappa shape index (κ2) is 2.92. The van der Waals surface area contributed by atoms with Crippen molar-refractivity contribution in [2.75, 3.05) is 33.4 Å². The van der Waals surface area contributed by atoms with Crippen LogP contribution in [0, 0.1) is 0 Å². The van der Waals surface area contributed by atoms with E-state index in [2.05, 4.69) is 4.90 Å². The molecule has 4 heteroatoms. The van der Waals surface area contributed by atoms with Crippen LogP contribution < -0.4 is 5.73 Å². The standard InChI is InChI=1S/C9H18N2O2/c1-11-4-2-9(12,6-11)8(10)3-5-13-7-8/h12H,2-7,10H2,1H3. The fourth-order valence-corrected chi connectivity index (χ4v) is 2.33. The lowest BCUT2D eigenvalue weighted by molar-refractivity contribution is -0.0285. The first kappa shape index (κ1) is 9.40. The van der Waals surface area contributed by atoms with E-state index in [1.807, 2.05) is 7.05 Å². The predicted molar refractivity (Wildman–Crippen MR) is 49.4 cm³/mol. The van der Waals surface area contributed by atoms with Crippen LogP contribution in [0.15, 0.2) is 0 Å². The molecular formula is C9H18N2O2. The van der Waals surface area contributed by atoms with Crippen LogP contribution >= 0.6 is 0 Å².